The Morgan fingerprint density at radius 1 is 1.26 bits per heavy atom. The molecule has 152 valence electrons. The lowest BCUT2D eigenvalue weighted by Gasteiger charge is -2.10. The summed E-state index contributed by atoms with van der Waals surface area (Å²) in [7, 11) is 1.36. The lowest BCUT2D eigenvalue weighted by Crippen LogP contribution is -2.10. The number of methoxy groups -OCH3 is 1. The number of hydrogen-bond acceptors (Lipinski definition) is 6. The molecule has 0 spiro atoms. The number of nitrogens with two attached hydrogens (primary N) is 1. The molecule has 7 nitrogen and oxygen atoms in total. The molecular formula is C24H19N5O2. The number of pyridine rings is 1. The fraction of sp³-hybridized carbons (Fsp3) is 0.167. The zero-order chi connectivity index (χ0) is 22.3. The van der Waals surface area contributed by atoms with E-state index >= 15 is 0 Å². The lowest BCUT2D eigenvalue weighted by atomic mass is 9.95. The molecule has 0 bridgehead atoms. The lowest BCUT2D eigenvalue weighted by molar-refractivity contribution is -0.141. The number of carbonyl (C=O) groups is 1. The van der Waals surface area contributed by atoms with Crippen molar-refractivity contribution in [1.82, 2.24) is 9.55 Å². The van der Waals surface area contributed by atoms with Crippen molar-refractivity contribution in [3.8, 4) is 12.1 Å². The first-order chi connectivity index (χ1) is 14.9. The SMILES string of the molecule is COC(=O)Cn1cc(C=C2C(C)=C(C#N)c3nc(N)c(C#N)c(C)c32)c2ccccc21. The van der Waals surface area contributed by atoms with Gasteiger partial charge in [-0.2, -0.15) is 10.5 Å². The molecule has 0 unspecified atom stereocenters. The van der Waals surface area contributed by atoms with Crippen LogP contribution < -0.4 is 5.73 Å². The van der Waals surface area contributed by atoms with Gasteiger partial charge in [0.25, 0.3) is 0 Å². The molecule has 1 aromatic carbocycles. The fourth-order valence-electron chi connectivity index (χ4n) is 4.08. The first-order valence-corrected chi connectivity index (χ1v) is 9.59. The van der Waals surface area contributed by atoms with Crippen LogP contribution in [0.2, 0.25) is 0 Å². The number of rotatable bonds is 3. The fourth-order valence-corrected chi connectivity index (χ4v) is 4.08. The standard InChI is InChI=1S/C24H19N5O2/c1-13-17(22-14(2)19(10-26)24(27)28-23(22)18(13)9-25)8-15-11-29(12-21(30)31-3)20-7-5-4-6-16(15)20/h4-8,11H,12H2,1-3H3,(H2,27,28). The summed E-state index contributed by atoms with van der Waals surface area (Å²) in [4.78, 5) is 16.2. The van der Waals surface area contributed by atoms with E-state index in [-0.39, 0.29) is 18.3 Å². The van der Waals surface area contributed by atoms with Crippen molar-refractivity contribution < 1.29 is 9.53 Å². The van der Waals surface area contributed by atoms with Crippen molar-refractivity contribution in [1.29, 1.82) is 10.5 Å². The molecule has 2 heterocycles. The Morgan fingerprint density at radius 3 is 2.68 bits per heavy atom. The summed E-state index contributed by atoms with van der Waals surface area (Å²) in [6.07, 6.45) is 3.86. The molecule has 0 saturated carbocycles. The van der Waals surface area contributed by atoms with Crippen LogP contribution in [0.4, 0.5) is 5.82 Å². The summed E-state index contributed by atoms with van der Waals surface area (Å²) in [6.45, 7) is 3.77. The second-order valence-electron chi connectivity index (χ2n) is 7.31. The van der Waals surface area contributed by atoms with Gasteiger partial charge in [-0.05, 0) is 42.7 Å². The number of nitrogen functional groups attached to an aromatic ring is 1. The quantitative estimate of drug-likeness (QED) is 0.657. The topological polar surface area (TPSA) is 118 Å². The normalized spacial score (nSPS) is 13.9. The molecule has 3 aromatic rings. The number of ether oxygens (including phenoxy) is 1. The van der Waals surface area contributed by atoms with Crippen LogP contribution in [0, 0.1) is 29.6 Å². The number of allylic oxidation sites excluding steroid dienone is 3. The Labute approximate surface area is 179 Å². The highest BCUT2D eigenvalue weighted by Gasteiger charge is 2.30. The van der Waals surface area contributed by atoms with Crippen molar-refractivity contribution in [2.75, 3.05) is 12.8 Å². The second kappa shape index (κ2) is 7.47. The van der Waals surface area contributed by atoms with E-state index in [9.17, 15) is 15.3 Å². The predicted molar refractivity (Wildman–Crippen MR) is 118 cm³/mol. The van der Waals surface area contributed by atoms with E-state index in [2.05, 4.69) is 17.1 Å². The molecule has 0 radical (unpaired) electrons. The molecule has 31 heavy (non-hydrogen) atoms. The Balaban J connectivity index is 1.99. The van der Waals surface area contributed by atoms with Gasteiger partial charge in [-0.1, -0.05) is 18.2 Å². The number of aromatic nitrogens is 2. The van der Waals surface area contributed by atoms with Crippen molar-refractivity contribution in [3.05, 3.63) is 64.0 Å². The van der Waals surface area contributed by atoms with Gasteiger partial charge in [0.05, 0.1) is 23.9 Å². The van der Waals surface area contributed by atoms with Gasteiger partial charge in [0.1, 0.15) is 24.5 Å². The van der Waals surface area contributed by atoms with E-state index < -0.39 is 0 Å². The number of nitriles is 2. The predicted octanol–water partition coefficient (Wildman–Crippen LogP) is 3.82. The molecule has 2 N–H and O–H groups in total. The van der Waals surface area contributed by atoms with E-state index in [1.165, 1.54) is 7.11 Å². The maximum Gasteiger partial charge on any atom is 0.325 e. The molecule has 0 amide bonds. The Morgan fingerprint density at radius 2 is 2.00 bits per heavy atom. The number of carbonyl (C=O) groups excluding carboxylic acids is 1. The Bertz CT molecular complexity index is 1410. The minimum absolute atomic E-state index is 0.0880. The van der Waals surface area contributed by atoms with E-state index in [1.54, 1.807) is 0 Å². The van der Waals surface area contributed by atoms with E-state index in [0.29, 0.717) is 22.4 Å². The van der Waals surface area contributed by atoms with Crippen LogP contribution in [-0.4, -0.2) is 22.6 Å². The van der Waals surface area contributed by atoms with E-state index in [1.807, 2.05) is 55.0 Å². The van der Waals surface area contributed by atoms with Crippen LogP contribution in [-0.2, 0) is 16.1 Å². The molecule has 4 rings (SSSR count). The summed E-state index contributed by atoms with van der Waals surface area (Å²) in [5.74, 6) is -0.224. The van der Waals surface area contributed by atoms with Gasteiger partial charge in [0.15, 0.2) is 0 Å². The molecule has 2 aromatic heterocycles. The Hall–Kier alpha value is -4.36. The van der Waals surface area contributed by atoms with E-state index in [4.69, 9.17) is 10.5 Å². The third-order valence-corrected chi connectivity index (χ3v) is 5.63. The molecule has 1 aliphatic rings. The average molecular weight is 409 g/mol. The number of para-hydroxylation sites is 1. The smallest absolute Gasteiger partial charge is 0.325 e. The molecule has 0 aliphatic heterocycles. The average Bonchev–Trinajstić information content (AvgIpc) is 3.23. The van der Waals surface area contributed by atoms with Crippen LogP contribution in [0.15, 0.2) is 36.0 Å². The summed E-state index contributed by atoms with van der Waals surface area (Å²) in [5.41, 5.74) is 12.0. The number of benzene rings is 1. The summed E-state index contributed by atoms with van der Waals surface area (Å²) < 4.78 is 6.66. The van der Waals surface area contributed by atoms with Gasteiger partial charge in [-0.3, -0.25) is 4.79 Å². The van der Waals surface area contributed by atoms with Crippen LogP contribution in [0.5, 0.6) is 0 Å². The minimum atomic E-state index is -0.344. The first kappa shape index (κ1) is 19.9. The maximum absolute atomic E-state index is 11.9. The number of nitrogens with zero attached hydrogens (tertiary/aromatic N) is 4. The Kier molecular flexibility index (Phi) is 4.81. The molecule has 0 saturated heterocycles. The monoisotopic (exact) mass is 409 g/mol. The highest BCUT2D eigenvalue weighted by Crippen LogP contribution is 2.44. The number of anilines is 1. The van der Waals surface area contributed by atoms with Crippen molar-refractivity contribution in [2.24, 2.45) is 0 Å². The van der Waals surface area contributed by atoms with Crippen molar-refractivity contribution in [3.63, 3.8) is 0 Å². The zero-order valence-corrected chi connectivity index (χ0v) is 17.4. The molecule has 1 aliphatic carbocycles. The van der Waals surface area contributed by atoms with Gasteiger partial charge in [0, 0.05) is 28.2 Å². The zero-order valence-electron chi connectivity index (χ0n) is 17.4. The summed E-state index contributed by atoms with van der Waals surface area (Å²) >= 11 is 0. The summed E-state index contributed by atoms with van der Waals surface area (Å²) in [6, 6.07) is 12.1. The molecule has 0 fully saturated rings. The summed E-state index contributed by atoms with van der Waals surface area (Å²) in [5, 5.41) is 20.2. The minimum Gasteiger partial charge on any atom is -0.468 e. The first-order valence-electron chi connectivity index (χ1n) is 9.59. The van der Waals surface area contributed by atoms with Crippen molar-refractivity contribution in [2.45, 2.75) is 20.4 Å². The molecule has 0 atom stereocenters. The van der Waals surface area contributed by atoms with Gasteiger partial charge < -0.3 is 15.0 Å². The second-order valence-corrected chi connectivity index (χ2v) is 7.31. The van der Waals surface area contributed by atoms with Gasteiger partial charge >= 0.3 is 5.97 Å². The highest BCUT2D eigenvalue weighted by atomic mass is 16.5. The molecule has 7 heteroatoms. The number of fused-ring (bicyclic) bond motifs is 2. The highest BCUT2D eigenvalue weighted by molar-refractivity contribution is 6.10. The van der Waals surface area contributed by atoms with E-state index in [0.717, 1.165) is 33.2 Å². The number of hydrogen-bond donors (Lipinski definition) is 1. The maximum atomic E-state index is 11.9. The third-order valence-electron chi connectivity index (χ3n) is 5.63. The van der Waals surface area contributed by atoms with Crippen LogP contribution in [0.25, 0.3) is 28.1 Å². The van der Waals surface area contributed by atoms with Crippen LogP contribution in [0.3, 0.4) is 0 Å². The van der Waals surface area contributed by atoms with Gasteiger partial charge in [0.2, 0.25) is 0 Å². The van der Waals surface area contributed by atoms with Crippen LogP contribution in [0.1, 0.15) is 34.9 Å². The van der Waals surface area contributed by atoms with Crippen molar-refractivity contribution >= 4 is 39.9 Å². The van der Waals surface area contributed by atoms with Gasteiger partial charge in [-0.15, -0.1) is 0 Å². The van der Waals surface area contributed by atoms with Gasteiger partial charge in [-0.25, -0.2) is 4.98 Å². The molecular weight excluding hydrogens is 390 g/mol. The number of esters is 1. The largest absolute Gasteiger partial charge is 0.468 e. The van der Waals surface area contributed by atoms with Crippen LogP contribution >= 0.6 is 0 Å². The third kappa shape index (κ3) is 3.04.